The molecule has 2 atom stereocenters. The van der Waals surface area contributed by atoms with Crippen molar-refractivity contribution in [3.8, 4) is 0 Å². The largest absolute Gasteiger partial charge is 0.299 e. The van der Waals surface area contributed by atoms with Gasteiger partial charge >= 0.3 is 0 Å². The van der Waals surface area contributed by atoms with Gasteiger partial charge in [0.1, 0.15) is 5.78 Å². The van der Waals surface area contributed by atoms with Gasteiger partial charge in [-0.25, -0.2) is 0 Å². The SMILES string of the molecule is O=C(Cc1ccc2ccccc2c1)C1CC2CCC(C1)S2=O. The van der Waals surface area contributed by atoms with E-state index in [-0.39, 0.29) is 16.4 Å². The number of hydrogen-bond acceptors (Lipinski definition) is 2. The first kappa shape index (κ1) is 14.1. The molecule has 114 valence electrons. The van der Waals surface area contributed by atoms with Crippen LogP contribution in [0.3, 0.4) is 0 Å². The van der Waals surface area contributed by atoms with Crippen LogP contribution in [0.1, 0.15) is 31.2 Å². The molecule has 2 aliphatic rings. The molecular formula is C19H20O2S. The Bertz CT molecular complexity index is 736. The minimum atomic E-state index is -0.673. The summed E-state index contributed by atoms with van der Waals surface area (Å²) in [5.74, 6) is 0.463. The summed E-state index contributed by atoms with van der Waals surface area (Å²) in [4.78, 5) is 12.6. The monoisotopic (exact) mass is 312 g/mol. The molecule has 2 bridgehead atoms. The van der Waals surface area contributed by atoms with Gasteiger partial charge in [0.25, 0.3) is 0 Å². The van der Waals surface area contributed by atoms with Crippen molar-refractivity contribution in [3.63, 3.8) is 0 Å². The van der Waals surface area contributed by atoms with Crippen molar-refractivity contribution in [3.05, 3.63) is 48.0 Å². The summed E-state index contributed by atoms with van der Waals surface area (Å²) in [6.07, 6.45) is 4.31. The molecule has 0 radical (unpaired) electrons. The maximum absolute atomic E-state index is 12.6. The first-order chi connectivity index (χ1) is 10.7. The molecule has 2 aromatic carbocycles. The number of benzene rings is 2. The molecule has 0 saturated carbocycles. The van der Waals surface area contributed by atoms with Crippen molar-refractivity contribution in [2.24, 2.45) is 5.92 Å². The molecule has 2 aliphatic heterocycles. The molecule has 3 heteroatoms. The topological polar surface area (TPSA) is 34.1 Å². The molecule has 22 heavy (non-hydrogen) atoms. The maximum Gasteiger partial charge on any atom is 0.140 e. The van der Waals surface area contributed by atoms with Crippen LogP contribution >= 0.6 is 0 Å². The predicted molar refractivity (Wildman–Crippen MR) is 90.3 cm³/mol. The molecule has 0 aliphatic carbocycles. The molecule has 2 nitrogen and oxygen atoms in total. The Labute approximate surface area is 133 Å². The molecule has 4 rings (SSSR count). The third-order valence-electron chi connectivity index (χ3n) is 5.21. The number of rotatable bonds is 3. The highest BCUT2D eigenvalue weighted by molar-refractivity contribution is 7.86. The van der Waals surface area contributed by atoms with Crippen LogP contribution in [0.4, 0.5) is 0 Å². The van der Waals surface area contributed by atoms with Gasteiger partial charge in [-0.1, -0.05) is 42.5 Å². The van der Waals surface area contributed by atoms with Crippen LogP contribution in [0.15, 0.2) is 42.5 Å². The highest BCUT2D eigenvalue weighted by atomic mass is 32.2. The van der Waals surface area contributed by atoms with Gasteiger partial charge in [0.2, 0.25) is 0 Å². The van der Waals surface area contributed by atoms with Gasteiger partial charge in [-0.3, -0.25) is 9.00 Å². The van der Waals surface area contributed by atoms with Gasteiger partial charge in [0.05, 0.1) is 0 Å². The fourth-order valence-electron chi connectivity index (χ4n) is 3.99. The first-order valence-electron chi connectivity index (χ1n) is 8.10. The van der Waals surface area contributed by atoms with Crippen molar-refractivity contribution in [1.82, 2.24) is 0 Å². The van der Waals surface area contributed by atoms with E-state index in [1.807, 2.05) is 12.1 Å². The van der Waals surface area contributed by atoms with E-state index in [1.165, 1.54) is 10.8 Å². The van der Waals surface area contributed by atoms with E-state index in [0.717, 1.165) is 31.2 Å². The highest BCUT2D eigenvalue weighted by Crippen LogP contribution is 2.39. The first-order valence-corrected chi connectivity index (χ1v) is 9.38. The lowest BCUT2D eigenvalue weighted by atomic mass is 9.90. The van der Waals surface area contributed by atoms with E-state index in [4.69, 9.17) is 0 Å². The number of fused-ring (bicyclic) bond motifs is 3. The van der Waals surface area contributed by atoms with Crippen LogP contribution in [-0.2, 0) is 22.0 Å². The van der Waals surface area contributed by atoms with Crippen LogP contribution in [0, 0.1) is 5.92 Å². The van der Waals surface area contributed by atoms with E-state index >= 15 is 0 Å². The van der Waals surface area contributed by atoms with Crippen molar-refractivity contribution < 1.29 is 9.00 Å². The Morgan fingerprint density at radius 1 is 1.00 bits per heavy atom. The fraction of sp³-hybridized carbons (Fsp3) is 0.421. The minimum absolute atomic E-state index is 0.127. The number of hydrogen-bond donors (Lipinski definition) is 0. The van der Waals surface area contributed by atoms with Crippen molar-refractivity contribution >= 4 is 27.4 Å². The van der Waals surface area contributed by atoms with Gasteiger partial charge in [-0.05, 0) is 42.0 Å². The molecule has 2 saturated heterocycles. The Balaban J connectivity index is 1.50. The Hall–Kier alpha value is -1.48. The van der Waals surface area contributed by atoms with E-state index in [1.54, 1.807) is 0 Å². The Morgan fingerprint density at radius 2 is 1.68 bits per heavy atom. The van der Waals surface area contributed by atoms with Crippen LogP contribution in [0.2, 0.25) is 0 Å². The molecule has 2 unspecified atom stereocenters. The van der Waals surface area contributed by atoms with E-state index < -0.39 is 10.8 Å². The second-order valence-corrected chi connectivity index (χ2v) is 8.63. The second kappa shape index (κ2) is 5.62. The number of ketones is 1. The molecular weight excluding hydrogens is 292 g/mol. The van der Waals surface area contributed by atoms with Crippen molar-refractivity contribution in [2.75, 3.05) is 0 Å². The fourth-order valence-corrected chi connectivity index (χ4v) is 6.11. The molecule has 2 fully saturated rings. The molecule has 0 amide bonds. The second-order valence-electron chi connectivity index (χ2n) is 6.64. The van der Waals surface area contributed by atoms with Crippen LogP contribution in [0.5, 0.6) is 0 Å². The minimum Gasteiger partial charge on any atom is -0.299 e. The van der Waals surface area contributed by atoms with E-state index in [0.29, 0.717) is 12.2 Å². The summed E-state index contributed by atoms with van der Waals surface area (Å²) in [5, 5.41) is 2.97. The number of carbonyl (C=O) groups excluding carboxylic acids is 1. The maximum atomic E-state index is 12.6. The van der Waals surface area contributed by atoms with Gasteiger partial charge < -0.3 is 0 Å². The molecule has 0 spiro atoms. The standard InChI is InChI=1S/C19H20O2S/c20-19(16-11-17-7-8-18(12-16)22(17)21)10-13-5-6-14-3-1-2-4-15(14)9-13/h1-6,9,16-18H,7-8,10-12H2. The lowest BCUT2D eigenvalue weighted by Gasteiger charge is -2.26. The summed E-state index contributed by atoms with van der Waals surface area (Å²) in [6, 6.07) is 14.5. The molecule has 2 aromatic rings. The zero-order valence-electron chi connectivity index (χ0n) is 12.5. The number of Topliss-reactive ketones (excluding diaryl/α,β-unsaturated/α-hetero) is 1. The van der Waals surface area contributed by atoms with Crippen LogP contribution < -0.4 is 0 Å². The summed E-state index contributed by atoms with van der Waals surface area (Å²) in [5.41, 5.74) is 1.10. The predicted octanol–water partition coefficient (Wildman–Crippen LogP) is 3.64. The zero-order valence-corrected chi connectivity index (χ0v) is 13.4. The number of carbonyl (C=O) groups is 1. The Kier molecular flexibility index (Phi) is 3.61. The van der Waals surface area contributed by atoms with Crippen LogP contribution in [-0.4, -0.2) is 20.5 Å². The highest BCUT2D eigenvalue weighted by Gasteiger charge is 2.42. The smallest absolute Gasteiger partial charge is 0.140 e. The van der Waals surface area contributed by atoms with E-state index in [2.05, 4.69) is 30.3 Å². The summed E-state index contributed by atoms with van der Waals surface area (Å²) < 4.78 is 12.1. The average Bonchev–Trinajstić information content (AvgIpc) is 2.76. The third kappa shape index (κ3) is 2.52. The summed E-state index contributed by atoms with van der Waals surface area (Å²) in [7, 11) is -0.673. The van der Waals surface area contributed by atoms with Gasteiger partial charge in [-0.15, -0.1) is 0 Å². The Morgan fingerprint density at radius 3 is 2.41 bits per heavy atom. The zero-order chi connectivity index (χ0) is 15.1. The molecule has 0 N–H and O–H groups in total. The van der Waals surface area contributed by atoms with Crippen molar-refractivity contribution in [1.29, 1.82) is 0 Å². The molecule has 2 heterocycles. The van der Waals surface area contributed by atoms with Gasteiger partial charge in [0, 0.05) is 33.6 Å². The summed E-state index contributed by atoms with van der Waals surface area (Å²) >= 11 is 0. The van der Waals surface area contributed by atoms with Gasteiger partial charge in [0.15, 0.2) is 0 Å². The van der Waals surface area contributed by atoms with E-state index in [9.17, 15) is 9.00 Å². The normalized spacial score (nSPS) is 30.5. The average molecular weight is 312 g/mol. The molecule has 0 aromatic heterocycles. The van der Waals surface area contributed by atoms with Gasteiger partial charge in [-0.2, -0.15) is 0 Å². The summed E-state index contributed by atoms with van der Waals surface area (Å²) in [6.45, 7) is 0. The van der Waals surface area contributed by atoms with Crippen molar-refractivity contribution in [2.45, 2.75) is 42.6 Å². The lowest BCUT2D eigenvalue weighted by Crippen LogP contribution is -2.32. The quantitative estimate of drug-likeness (QED) is 0.867. The third-order valence-corrected chi connectivity index (χ3v) is 7.38. The lowest BCUT2D eigenvalue weighted by molar-refractivity contribution is -0.122. The van der Waals surface area contributed by atoms with Crippen LogP contribution in [0.25, 0.3) is 10.8 Å².